The van der Waals surface area contributed by atoms with E-state index < -0.39 is 22.0 Å². The zero-order chi connectivity index (χ0) is 16.2. The molecule has 0 bridgehead atoms. The Kier molecular flexibility index (Phi) is 5.15. The Hall–Kier alpha value is -1.93. The minimum Gasteiger partial charge on any atom is -0.390 e. The Bertz CT molecular complexity index is 632. The molecule has 2 rings (SSSR count). The molecule has 1 saturated heterocycles. The fourth-order valence-corrected chi connectivity index (χ4v) is 4.23. The molecule has 2 unspecified atom stereocenters. The predicted molar refractivity (Wildman–Crippen MR) is 80.0 cm³/mol. The number of carbonyl (C=O) groups excluding carboxylic acids is 2. The molecule has 2 N–H and O–H groups in total. The Balaban J connectivity index is 1.87. The van der Waals surface area contributed by atoms with E-state index in [0.29, 0.717) is 12.0 Å². The monoisotopic (exact) mass is 326 g/mol. The first kappa shape index (κ1) is 16.4. The first-order valence-corrected chi connectivity index (χ1v) is 8.68. The maximum Gasteiger partial charge on any atom is 0.251 e. The molecule has 0 radical (unpaired) electrons. The Morgan fingerprint density at radius 3 is 2.55 bits per heavy atom. The van der Waals surface area contributed by atoms with Crippen molar-refractivity contribution in [1.82, 2.24) is 10.2 Å². The summed E-state index contributed by atoms with van der Waals surface area (Å²) >= 11 is 0. The fourth-order valence-electron chi connectivity index (χ4n) is 2.41. The van der Waals surface area contributed by atoms with Crippen LogP contribution in [0.15, 0.2) is 30.3 Å². The van der Waals surface area contributed by atoms with E-state index in [2.05, 4.69) is 5.32 Å². The third-order valence-corrected chi connectivity index (χ3v) is 5.25. The van der Waals surface area contributed by atoms with Crippen LogP contribution < -0.4 is 5.32 Å². The van der Waals surface area contributed by atoms with Gasteiger partial charge in [-0.15, -0.1) is 0 Å². The number of carbonyl (C=O) groups is 2. The molecule has 1 aromatic rings. The molecule has 22 heavy (non-hydrogen) atoms. The number of benzene rings is 1. The molecule has 1 heterocycles. The predicted octanol–water partition coefficient (Wildman–Crippen LogP) is -0.967. The van der Waals surface area contributed by atoms with E-state index >= 15 is 0 Å². The summed E-state index contributed by atoms with van der Waals surface area (Å²) in [7, 11) is -3.32. The van der Waals surface area contributed by atoms with E-state index in [9.17, 15) is 23.1 Å². The zero-order valence-electron chi connectivity index (χ0n) is 11.9. The van der Waals surface area contributed by atoms with Crippen molar-refractivity contribution in [2.45, 2.75) is 12.1 Å². The highest BCUT2D eigenvalue weighted by Crippen LogP contribution is 2.17. The third-order valence-electron chi connectivity index (χ3n) is 3.55. The van der Waals surface area contributed by atoms with Gasteiger partial charge in [0.25, 0.3) is 5.91 Å². The molecule has 1 aromatic carbocycles. The normalized spacial score (nSPS) is 23.0. The van der Waals surface area contributed by atoms with Crippen molar-refractivity contribution in [1.29, 1.82) is 0 Å². The Morgan fingerprint density at radius 2 is 2.00 bits per heavy atom. The van der Waals surface area contributed by atoms with Crippen molar-refractivity contribution >= 4 is 22.2 Å². The lowest BCUT2D eigenvalue weighted by molar-refractivity contribution is -0.121. The molecule has 120 valence electrons. The minimum atomic E-state index is -3.32. The number of amides is 2. The summed E-state index contributed by atoms with van der Waals surface area (Å²) in [6, 6.07) is 7.86. The van der Waals surface area contributed by atoms with E-state index in [1.807, 2.05) is 0 Å². The van der Waals surface area contributed by atoms with Gasteiger partial charge < -0.3 is 15.3 Å². The van der Waals surface area contributed by atoms with Gasteiger partial charge in [-0.25, -0.2) is 8.42 Å². The molecule has 0 aliphatic carbocycles. The summed E-state index contributed by atoms with van der Waals surface area (Å²) in [5.41, 5.74) is 0.503. The van der Waals surface area contributed by atoms with Crippen LogP contribution in [0, 0.1) is 0 Å². The third kappa shape index (κ3) is 4.05. The van der Waals surface area contributed by atoms with Crippen molar-refractivity contribution < 1.29 is 23.1 Å². The standard InChI is InChI=1S/C14H18N2O5S/c17-10-16(12-8-22(20,21)9-13(12)18)7-6-15-14(19)11-4-2-1-3-5-11/h1-5,10,12-13,18H,6-9H2,(H,15,19). The molecule has 0 spiro atoms. The van der Waals surface area contributed by atoms with Crippen molar-refractivity contribution in [3.8, 4) is 0 Å². The second kappa shape index (κ2) is 6.89. The number of aliphatic hydroxyl groups excluding tert-OH is 1. The molecule has 1 aliphatic heterocycles. The summed E-state index contributed by atoms with van der Waals surface area (Å²) < 4.78 is 22.9. The lowest BCUT2D eigenvalue weighted by atomic mass is 10.2. The van der Waals surface area contributed by atoms with E-state index in [1.165, 1.54) is 4.90 Å². The molecular weight excluding hydrogens is 308 g/mol. The van der Waals surface area contributed by atoms with Crippen LogP contribution in [-0.4, -0.2) is 67.5 Å². The number of hydrogen-bond donors (Lipinski definition) is 2. The van der Waals surface area contributed by atoms with Gasteiger partial charge in [0.1, 0.15) is 0 Å². The SMILES string of the molecule is O=CN(CCNC(=O)c1ccccc1)C1CS(=O)(=O)CC1O. The molecule has 2 amide bonds. The van der Waals surface area contributed by atoms with E-state index in [0.717, 1.165) is 0 Å². The van der Waals surface area contributed by atoms with E-state index in [1.54, 1.807) is 30.3 Å². The van der Waals surface area contributed by atoms with Crippen molar-refractivity contribution in [2.75, 3.05) is 24.6 Å². The molecule has 0 saturated carbocycles. The topological polar surface area (TPSA) is 104 Å². The maximum absolute atomic E-state index is 11.8. The molecule has 7 nitrogen and oxygen atoms in total. The smallest absolute Gasteiger partial charge is 0.251 e. The molecule has 8 heteroatoms. The molecule has 2 atom stereocenters. The lowest BCUT2D eigenvalue weighted by Gasteiger charge is -2.26. The van der Waals surface area contributed by atoms with Gasteiger partial charge >= 0.3 is 0 Å². The molecular formula is C14H18N2O5S. The van der Waals surface area contributed by atoms with Gasteiger partial charge in [0.2, 0.25) is 6.41 Å². The first-order chi connectivity index (χ1) is 10.4. The number of hydrogen-bond acceptors (Lipinski definition) is 5. The maximum atomic E-state index is 11.8. The minimum absolute atomic E-state index is 0.138. The van der Waals surface area contributed by atoms with Crippen LogP contribution in [0.4, 0.5) is 0 Å². The van der Waals surface area contributed by atoms with Crippen LogP contribution in [0.2, 0.25) is 0 Å². The summed E-state index contributed by atoms with van der Waals surface area (Å²) in [6.07, 6.45) is -0.580. The number of sulfone groups is 1. The largest absolute Gasteiger partial charge is 0.390 e. The van der Waals surface area contributed by atoms with Crippen LogP contribution in [0.3, 0.4) is 0 Å². The van der Waals surface area contributed by atoms with Gasteiger partial charge in [0.05, 0.1) is 23.7 Å². The second-order valence-electron chi connectivity index (χ2n) is 5.18. The van der Waals surface area contributed by atoms with Gasteiger partial charge in [-0.2, -0.15) is 0 Å². The van der Waals surface area contributed by atoms with Gasteiger partial charge in [-0.1, -0.05) is 18.2 Å². The van der Waals surface area contributed by atoms with Crippen molar-refractivity contribution in [2.24, 2.45) is 0 Å². The summed E-state index contributed by atoms with van der Waals surface area (Å²) in [6.45, 7) is 0.315. The molecule has 1 fully saturated rings. The van der Waals surface area contributed by atoms with E-state index in [-0.39, 0.29) is 30.5 Å². The Labute approximate surface area is 128 Å². The first-order valence-electron chi connectivity index (χ1n) is 6.86. The summed E-state index contributed by atoms with van der Waals surface area (Å²) in [5, 5.41) is 12.4. The van der Waals surface area contributed by atoms with Crippen LogP contribution in [0.5, 0.6) is 0 Å². The molecule has 0 aromatic heterocycles. The average Bonchev–Trinajstić information content (AvgIpc) is 2.77. The highest BCUT2D eigenvalue weighted by Gasteiger charge is 2.39. The summed E-state index contributed by atoms with van der Waals surface area (Å²) in [5.74, 6) is -0.858. The van der Waals surface area contributed by atoms with Crippen molar-refractivity contribution in [3.63, 3.8) is 0 Å². The van der Waals surface area contributed by atoms with E-state index in [4.69, 9.17) is 0 Å². The number of rotatable bonds is 6. The van der Waals surface area contributed by atoms with Gasteiger partial charge in [0.15, 0.2) is 9.84 Å². The highest BCUT2D eigenvalue weighted by molar-refractivity contribution is 7.91. The second-order valence-corrected chi connectivity index (χ2v) is 7.33. The van der Waals surface area contributed by atoms with Crippen LogP contribution >= 0.6 is 0 Å². The van der Waals surface area contributed by atoms with Crippen LogP contribution in [0.25, 0.3) is 0 Å². The zero-order valence-corrected chi connectivity index (χ0v) is 12.7. The number of aliphatic hydroxyl groups is 1. The number of nitrogens with one attached hydrogen (secondary N) is 1. The van der Waals surface area contributed by atoms with Gasteiger partial charge in [-0.05, 0) is 12.1 Å². The summed E-state index contributed by atoms with van der Waals surface area (Å²) in [4.78, 5) is 24.2. The lowest BCUT2D eigenvalue weighted by Crippen LogP contribution is -2.45. The molecule has 1 aliphatic rings. The Morgan fingerprint density at radius 1 is 1.32 bits per heavy atom. The van der Waals surface area contributed by atoms with Gasteiger partial charge in [-0.3, -0.25) is 9.59 Å². The van der Waals surface area contributed by atoms with Crippen LogP contribution in [0.1, 0.15) is 10.4 Å². The average molecular weight is 326 g/mol. The number of nitrogens with zero attached hydrogens (tertiary/aromatic N) is 1. The highest BCUT2D eigenvalue weighted by atomic mass is 32.2. The fraction of sp³-hybridized carbons (Fsp3) is 0.429. The van der Waals surface area contributed by atoms with Gasteiger partial charge in [0, 0.05) is 18.7 Å². The quantitative estimate of drug-likeness (QED) is 0.655. The van der Waals surface area contributed by atoms with Crippen LogP contribution in [-0.2, 0) is 14.6 Å². The van der Waals surface area contributed by atoms with Crippen molar-refractivity contribution in [3.05, 3.63) is 35.9 Å².